The highest BCUT2D eigenvalue weighted by Crippen LogP contribution is 2.25. The van der Waals surface area contributed by atoms with Crippen LogP contribution in [0.1, 0.15) is 18.4 Å². The normalized spacial score (nSPS) is 15.6. The molecule has 0 saturated heterocycles. The van der Waals surface area contributed by atoms with E-state index in [1.807, 2.05) is 0 Å². The first-order valence-corrected chi connectivity index (χ1v) is 7.86. The smallest absolute Gasteiger partial charge is 0.229 e. The minimum absolute atomic E-state index is 0.0562. The summed E-state index contributed by atoms with van der Waals surface area (Å²) in [5.74, 6) is -0.0562. The quantitative estimate of drug-likeness (QED) is 0.675. The number of hydrogen-bond donors (Lipinski definition) is 3. The Bertz CT molecular complexity index is 524. The van der Waals surface area contributed by atoms with Crippen molar-refractivity contribution in [1.29, 1.82) is 0 Å². The van der Waals surface area contributed by atoms with Gasteiger partial charge in [0.15, 0.2) is 0 Å². The topological polar surface area (TPSA) is 78.4 Å². The van der Waals surface area contributed by atoms with Crippen molar-refractivity contribution >= 4 is 15.7 Å². The average Bonchev–Trinajstić information content (AvgIpc) is 3.05. The summed E-state index contributed by atoms with van der Waals surface area (Å²) in [6, 6.07) is 5.65. The van der Waals surface area contributed by atoms with E-state index in [4.69, 9.17) is 0 Å². The maximum Gasteiger partial charge on any atom is 0.229 e. The Labute approximate surface area is 107 Å². The van der Waals surface area contributed by atoms with Gasteiger partial charge in [-0.3, -0.25) is 4.72 Å². The van der Waals surface area contributed by atoms with Gasteiger partial charge in [-0.05, 0) is 43.5 Å². The molecule has 2 rings (SSSR count). The highest BCUT2D eigenvalue weighted by molar-refractivity contribution is 7.92. The van der Waals surface area contributed by atoms with Gasteiger partial charge in [-0.2, -0.15) is 0 Å². The molecule has 0 aromatic heterocycles. The second-order valence-electron chi connectivity index (χ2n) is 4.70. The molecular formula is C12H18N2O3S. The molecule has 1 saturated carbocycles. The molecule has 0 spiro atoms. The second-order valence-corrected chi connectivity index (χ2v) is 6.45. The minimum atomic E-state index is -3.37. The molecule has 1 aromatic rings. The van der Waals surface area contributed by atoms with E-state index in [-0.39, 0.29) is 11.4 Å². The van der Waals surface area contributed by atoms with Crippen LogP contribution in [0, 0.1) is 0 Å². The van der Waals surface area contributed by atoms with Crippen molar-refractivity contribution in [2.45, 2.75) is 25.3 Å². The van der Waals surface area contributed by atoms with Gasteiger partial charge in [0.05, 0.1) is 11.9 Å². The lowest BCUT2D eigenvalue weighted by atomic mass is 10.1. The lowest BCUT2D eigenvalue weighted by molar-refractivity contribution is 0.477. The van der Waals surface area contributed by atoms with Crippen LogP contribution in [-0.4, -0.2) is 32.4 Å². The third kappa shape index (κ3) is 4.19. The summed E-state index contributed by atoms with van der Waals surface area (Å²) >= 11 is 0. The molecule has 3 N–H and O–H groups in total. The standard InChI is InChI=1S/C12H18N2O3S/c1-18(16,17)14-11-8-9(2-5-12(11)15)6-7-13-10-3-4-10/h2,5,8,10,13-15H,3-4,6-7H2,1H3. The first-order valence-electron chi connectivity index (χ1n) is 5.97. The zero-order valence-electron chi connectivity index (χ0n) is 10.3. The molecule has 0 atom stereocenters. The molecule has 0 amide bonds. The Balaban J connectivity index is 2.00. The lowest BCUT2D eigenvalue weighted by Crippen LogP contribution is -2.19. The van der Waals surface area contributed by atoms with Gasteiger partial charge in [0.2, 0.25) is 10.0 Å². The van der Waals surface area contributed by atoms with E-state index >= 15 is 0 Å². The second kappa shape index (κ2) is 5.16. The molecule has 0 aliphatic heterocycles. The van der Waals surface area contributed by atoms with E-state index in [0.29, 0.717) is 6.04 Å². The largest absolute Gasteiger partial charge is 0.506 e. The molecule has 5 nitrogen and oxygen atoms in total. The molecular weight excluding hydrogens is 252 g/mol. The van der Waals surface area contributed by atoms with Crippen LogP contribution in [0.5, 0.6) is 5.75 Å². The molecule has 1 aliphatic rings. The van der Waals surface area contributed by atoms with Crippen LogP contribution >= 0.6 is 0 Å². The van der Waals surface area contributed by atoms with Crippen molar-refractivity contribution in [2.24, 2.45) is 0 Å². The third-order valence-electron chi connectivity index (χ3n) is 2.78. The van der Waals surface area contributed by atoms with Gasteiger partial charge in [-0.1, -0.05) is 6.07 Å². The molecule has 18 heavy (non-hydrogen) atoms. The number of benzene rings is 1. The van der Waals surface area contributed by atoms with Gasteiger partial charge in [-0.25, -0.2) is 8.42 Å². The summed E-state index contributed by atoms with van der Waals surface area (Å²) in [4.78, 5) is 0. The zero-order chi connectivity index (χ0) is 13.2. The van der Waals surface area contributed by atoms with E-state index < -0.39 is 10.0 Å². The van der Waals surface area contributed by atoms with Gasteiger partial charge in [0.1, 0.15) is 5.75 Å². The predicted molar refractivity (Wildman–Crippen MR) is 71.3 cm³/mol. The van der Waals surface area contributed by atoms with Gasteiger partial charge in [0, 0.05) is 6.04 Å². The van der Waals surface area contributed by atoms with Crippen LogP contribution in [0.3, 0.4) is 0 Å². The number of nitrogens with one attached hydrogen (secondary N) is 2. The van der Waals surface area contributed by atoms with Crippen molar-refractivity contribution in [3.8, 4) is 5.75 Å². The zero-order valence-corrected chi connectivity index (χ0v) is 11.1. The Morgan fingerprint density at radius 1 is 1.39 bits per heavy atom. The highest BCUT2D eigenvalue weighted by Gasteiger charge is 2.19. The van der Waals surface area contributed by atoms with E-state index in [1.165, 1.54) is 18.9 Å². The van der Waals surface area contributed by atoms with Gasteiger partial charge in [0.25, 0.3) is 0 Å². The van der Waals surface area contributed by atoms with Gasteiger partial charge >= 0.3 is 0 Å². The first kappa shape index (κ1) is 13.2. The molecule has 0 heterocycles. The average molecular weight is 270 g/mol. The predicted octanol–water partition coefficient (Wildman–Crippen LogP) is 1.06. The first-order chi connectivity index (χ1) is 8.44. The monoisotopic (exact) mass is 270 g/mol. The van der Waals surface area contributed by atoms with Gasteiger partial charge in [-0.15, -0.1) is 0 Å². The highest BCUT2D eigenvalue weighted by atomic mass is 32.2. The third-order valence-corrected chi connectivity index (χ3v) is 3.37. The maximum atomic E-state index is 11.1. The number of sulfonamides is 1. The van der Waals surface area contributed by atoms with Crippen LogP contribution < -0.4 is 10.0 Å². The Hall–Kier alpha value is -1.27. The summed E-state index contributed by atoms with van der Waals surface area (Å²) < 4.78 is 24.6. The summed E-state index contributed by atoms with van der Waals surface area (Å²) in [6.45, 7) is 0.869. The Morgan fingerprint density at radius 3 is 2.72 bits per heavy atom. The molecule has 0 bridgehead atoms. The minimum Gasteiger partial charge on any atom is -0.506 e. The van der Waals surface area contributed by atoms with Crippen molar-refractivity contribution in [3.63, 3.8) is 0 Å². The van der Waals surface area contributed by atoms with Crippen molar-refractivity contribution in [3.05, 3.63) is 23.8 Å². The number of rotatable bonds is 6. The number of anilines is 1. The van der Waals surface area contributed by atoms with E-state index in [9.17, 15) is 13.5 Å². The van der Waals surface area contributed by atoms with Gasteiger partial charge < -0.3 is 10.4 Å². The fourth-order valence-electron chi connectivity index (χ4n) is 1.73. The summed E-state index contributed by atoms with van der Waals surface area (Å²) in [5, 5.41) is 13.0. The van der Waals surface area contributed by atoms with E-state index in [1.54, 1.807) is 12.1 Å². The van der Waals surface area contributed by atoms with Crippen molar-refractivity contribution in [2.75, 3.05) is 17.5 Å². The fourth-order valence-corrected chi connectivity index (χ4v) is 2.29. The Kier molecular flexibility index (Phi) is 3.77. The molecule has 0 unspecified atom stereocenters. The number of phenolic OH excluding ortho intramolecular Hbond substituents is 1. The Morgan fingerprint density at radius 2 is 2.11 bits per heavy atom. The lowest BCUT2D eigenvalue weighted by Gasteiger charge is -2.09. The summed E-state index contributed by atoms with van der Waals surface area (Å²) in [6.07, 6.45) is 4.37. The van der Waals surface area contributed by atoms with Crippen molar-refractivity contribution < 1.29 is 13.5 Å². The SMILES string of the molecule is CS(=O)(=O)Nc1cc(CCNC2CC2)ccc1O. The molecule has 1 aliphatic carbocycles. The van der Waals surface area contributed by atoms with E-state index in [0.717, 1.165) is 24.8 Å². The number of aromatic hydroxyl groups is 1. The van der Waals surface area contributed by atoms with Crippen LogP contribution in [0.15, 0.2) is 18.2 Å². The number of hydrogen-bond acceptors (Lipinski definition) is 4. The molecule has 6 heteroatoms. The molecule has 1 fully saturated rings. The van der Waals surface area contributed by atoms with Crippen LogP contribution in [0.25, 0.3) is 0 Å². The fraction of sp³-hybridized carbons (Fsp3) is 0.500. The summed E-state index contributed by atoms with van der Waals surface area (Å²) in [5.41, 5.74) is 1.23. The van der Waals surface area contributed by atoms with Crippen LogP contribution in [0.2, 0.25) is 0 Å². The molecule has 100 valence electrons. The summed E-state index contributed by atoms with van der Waals surface area (Å²) in [7, 11) is -3.37. The molecule has 0 radical (unpaired) electrons. The molecule has 1 aromatic carbocycles. The van der Waals surface area contributed by atoms with Crippen molar-refractivity contribution in [1.82, 2.24) is 5.32 Å². The van der Waals surface area contributed by atoms with E-state index in [2.05, 4.69) is 10.0 Å². The van der Waals surface area contributed by atoms with Crippen LogP contribution in [0.4, 0.5) is 5.69 Å². The van der Waals surface area contributed by atoms with Crippen LogP contribution in [-0.2, 0) is 16.4 Å². The number of phenols is 1. The maximum absolute atomic E-state index is 11.1.